The molecule has 0 saturated carbocycles. The first kappa shape index (κ1) is 17.3. The molecule has 1 aliphatic heterocycles. The van der Waals surface area contributed by atoms with Crippen LogP contribution in [0.1, 0.15) is 31.7 Å². The zero-order valence-electron chi connectivity index (χ0n) is 13.4. The van der Waals surface area contributed by atoms with Gasteiger partial charge >= 0.3 is 0 Å². The van der Waals surface area contributed by atoms with Gasteiger partial charge in [0, 0.05) is 17.3 Å². The van der Waals surface area contributed by atoms with Crippen LogP contribution in [-0.2, 0) is 4.79 Å². The minimum Gasteiger partial charge on any atom is -0.396 e. The Morgan fingerprint density at radius 1 is 1.41 bits per heavy atom. The van der Waals surface area contributed by atoms with Crippen LogP contribution in [0.3, 0.4) is 0 Å². The van der Waals surface area contributed by atoms with E-state index >= 15 is 0 Å². The molecule has 1 saturated heterocycles. The first-order valence-electron chi connectivity index (χ1n) is 7.88. The smallest absolute Gasteiger partial charge is 0.238 e. The number of rotatable bonds is 5. The van der Waals surface area contributed by atoms with Gasteiger partial charge in [-0.3, -0.25) is 9.69 Å². The largest absolute Gasteiger partial charge is 0.396 e. The molecule has 1 amide bonds. The van der Waals surface area contributed by atoms with Crippen LogP contribution in [0.4, 0.5) is 5.69 Å². The zero-order valence-corrected chi connectivity index (χ0v) is 14.1. The van der Waals surface area contributed by atoms with E-state index in [1.54, 1.807) is 0 Å². The molecule has 0 aliphatic carbocycles. The minimum atomic E-state index is -0.0154. The van der Waals surface area contributed by atoms with E-state index < -0.39 is 0 Å². The predicted molar refractivity (Wildman–Crippen MR) is 90.3 cm³/mol. The van der Waals surface area contributed by atoms with E-state index in [2.05, 4.69) is 17.1 Å². The second-order valence-electron chi connectivity index (χ2n) is 6.25. The van der Waals surface area contributed by atoms with Crippen LogP contribution >= 0.6 is 11.6 Å². The first-order valence-corrected chi connectivity index (χ1v) is 8.25. The minimum absolute atomic E-state index is 0.0154. The maximum Gasteiger partial charge on any atom is 0.238 e. The van der Waals surface area contributed by atoms with Crippen molar-refractivity contribution in [2.45, 2.75) is 33.1 Å². The number of aliphatic hydroxyl groups is 1. The van der Waals surface area contributed by atoms with Crippen molar-refractivity contribution in [1.29, 1.82) is 0 Å². The quantitative estimate of drug-likeness (QED) is 0.875. The number of likely N-dealkylation sites (tertiary alicyclic amines) is 1. The van der Waals surface area contributed by atoms with Gasteiger partial charge in [-0.25, -0.2) is 0 Å². The molecular weight excluding hydrogens is 300 g/mol. The third-order valence-electron chi connectivity index (χ3n) is 4.91. The number of anilines is 1. The Kier molecular flexibility index (Phi) is 5.84. The fraction of sp³-hybridized carbons (Fsp3) is 0.588. The fourth-order valence-corrected chi connectivity index (χ4v) is 3.12. The lowest BCUT2D eigenvalue weighted by atomic mass is 9.77. The highest BCUT2D eigenvalue weighted by Crippen LogP contribution is 2.34. The number of aliphatic hydroxyl groups excluding tert-OH is 1. The molecule has 0 bridgehead atoms. The van der Waals surface area contributed by atoms with Crippen molar-refractivity contribution in [2.24, 2.45) is 5.41 Å². The van der Waals surface area contributed by atoms with Crippen molar-refractivity contribution >= 4 is 23.2 Å². The number of amides is 1. The number of halogens is 1. The van der Waals surface area contributed by atoms with Crippen molar-refractivity contribution in [3.8, 4) is 0 Å². The Hall–Kier alpha value is -1.10. The summed E-state index contributed by atoms with van der Waals surface area (Å²) < 4.78 is 0. The van der Waals surface area contributed by atoms with E-state index in [4.69, 9.17) is 11.6 Å². The van der Waals surface area contributed by atoms with Gasteiger partial charge in [0.05, 0.1) is 6.54 Å². The van der Waals surface area contributed by atoms with Gasteiger partial charge in [-0.1, -0.05) is 24.6 Å². The number of nitrogens with one attached hydrogen (secondary N) is 1. The van der Waals surface area contributed by atoms with Crippen molar-refractivity contribution in [1.82, 2.24) is 4.90 Å². The lowest BCUT2D eigenvalue weighted by molar-refractivity contribution is -0.118. The third-order valence-corrected chi connectivity index (χ3v) is 5.32. The summed E-state index contributed by atoms with van der Waals surface area (Å²) in [6.45, 7) is 6.37. The summed E-state index contributed by atoms with van der Waals surface area (Å²) in [5.74, 6) is -0.0154. The van der Waals surface area contributed by atoms with Gasteiger partial charge < -0.3 is 10.4 Å². The molecule has 2 rings (SSSR count). The SMILES string of the molecule is CCC1(CO)CCN(CC(=O)Nc2cccc(Cl)c2C)CC1. The Bertz CT molecular complexity index is 519. The van der Waals surface area contributed by atoms with Crippen molar-refractivity contribution in [2.75, 3.05) is 31.6 Å². The highest BCUT2D eigenvalue weighted by atomic mass is 35.5. The standard InChI is InChI=1S/C17H25ClN2O2/c1-3-17(12-21)7-9-20(10-8-17)11-16(22)19-15-6-4-5-14(18)13(15)2/h4-6,21H,3,7-12H2,1-2H3,(H,19,22). The number of carbonyl (C=O) groups is 1. The Morgan fingerprint density at radius 2 is 2.09 bits per heavy atom. The highest BCUT2D eigenvalue weighted by Gasteiger charge is 2.32. The van der Waals surface area contributed by atoms with Gasteiger partial charge in [0.15, 0.2) is 0 Å². The van der Waals surface area contributed by atoms with Crippen molar-refractivity contribution in [3.05, 3.63) is 28.8 Å². The number of carbonyl (C=O) groups excluding carboxylic acids is 1. The first-order chi connectivity index (χ1) is 10.5. The molecule has 0 radical (unpaired) electrons. The summed E-state index contributed by atoms with van der Waals surface area (Å²) in [4.78, 5) is 14.4. The molecule has 22 heavy (non-hydrogen) atoms. The van der Waals surface area contributed by atoms with Gasteiger partial charge in [0.1, 0.15) is 0 Å². The molecule has 0 spiro atoms. The topological polar surface area (TPSA) is 52.6 Å². The summed E-state index contributed by atoms with van der Waals surface area (Å²) in [7, 11) is 0. The Morgan fingerprint density at radius 3 is 2.68 bits per heavy atom. The summed E-state index contributed by atoms with van der Waals surface area (Å²) in [5.41, 5.74) is 1.71. The maximum absolute atomic E-state index is 12.2. The Labute approximate surface area is 137 Å². The second-order valence-corrected chi connectivity index (χ2v) is 6.66. The lowest BCUT2D eigenvalue weighted by Crippen LogP contribution is -2.44. The van der Waals surface area contributed by atoms with E-state index in [0.29, 0.717) is 11.6 Å². The number of hydrogen-bond acceptors (Lipinski definition) is 3. The third kappa shape index (κ3) is 4.00. The molecule has 2 N–H and O–H groups in total. The number of benzene rings is 1. The van der Waals surface area contributed by atoms with Crippen LogP contribution in [0, 0.1) is 12.3 Å². The molecule has 1 fully saturated rings. The lowest BCUT2D eigenvalue weighted by Gasteiger charge is -2.39. The van der Waals surface area contributed by atoms with Crippen LogP contribution in [0.25, 0.3) is 0 Å². The van der Waals surface area contributed by atoms with Crippen LogP contribution in [0.5, 0.6) is 0 Å². The second kappa shape index (κ2) is 7.44. The van der Waals surface area contributed by atoms with Crippen molar-refractivity contribution < 1.29 is 9.90 Å². The molecule has 5 heteroatoms. The van der Waals surface area contributed by atoms with Gasteiger partial charge in [-0.15, -0.1) is 0 Å². The van der Waals surface area contributed by atoms with Crippen LogP contribution in [-0.4, -0.2) is 42.2 Å². The molecule has 4 nitrogen and oxygen atoms in total. The zero-order chi connectivity index (χ0) is 16.2. The molecule has 0 unspecified atom stereocenters. The molecule has 1 aliphatic rings. The summed E-state index contributed by atoms with van der Waals surface area (Å²) >= 11 is 6.07. The molecular formula is C17H25ClN2O2. The van der Waals surface area contributed by atoms with Crippen molar-refractivity contribution in [3.63, 3.8) is 0 Å². The maximum atomic E-state index is 12.2. The normalized spacial score (nSPS) is 18.2. The van der Waals surface area contributed by atoms with Crippen LogP contribution < -0.4 is 5.32 Å². The van der Waals surface area contributed by atoms with E-state index in [-0.39, 0.29) is 17.9 Å². The van der Waals surface area contributed by atoms with Gasteiger partial charge in [-0.05, 0) is 62.4 Å². The Balaban J connectivity index is 1.87. The van der Waals surface area contributed by atoms with Gasteiger partial charge in [0.25, 0.3) is 0 Å². The van der Waals surface area contributed by atoms with E-state index in [9.17, 15) is 9.90 Å². The fourth-order valence-electron chi connectivity index (χ4n) is 2.94. The van der Waals surface area contributed by atoms with E-state index in [0.717, 1.165) is 43.6 Å². The average Bonchev–Trinajstić information content (AvgIpc) is 2.53. The van der Waals surface area contributed by atoms with Gasteiger partial charge in [0.2, 0.25) is 5.91 Å². The molecule has 1 aromatic carbocycles. The summed E-state index contributed by atoms with van der Waals surface area (Å²) in [6.07, 6.45) is 2.89. The molecule has 122 valence electrons. The average molecular weight is 325 g/mol. The molecule has 1 aromatic rings. The molecule has 0 aromatic heterocycles. The van der Waals surface area contributed by atoms with Crippen LogP contribution in [0.15, 0.2) is 18.2 Å². The monoisotopic (exact) mass is 324 g/mol. The summed E-state index contributed by atoms with van der Waals surface area (Å²) in [6, 6.07) is 5.52. The molecule has 0 atom stereocenters. The highest BCUT2D eigenvalue weighted by molar-refractivity contribution is 6.31. The number of hydrogen-bond donors (Lipinski definition) is 2. The summed E-state index contributed by atoms with van der Waals surface area (Å²) in [5, 5.41) is 13.1. The van der Waals surface area contributed by atoms with Gasteiger partial charge in [-0.2, -0.15) is 0 Å². The number of nitrogens with zero attached hydrogens (tertiary/aromatic N) is 1. The van der Waals surface area contributed by atoms with Crippen LogP contribution in [0.2, 0.25) is 5.02 Å². The number of piperidine rings is 1. The van der Waals surface area contributed by atoms with E-state index in [1.165, 1.54) is 0 Å². The predicted octanol–water partition coefficient (Wildman–Crippen LogP) is 3.07. The molecule has 1 heterocycles. The van der Waals surface area contributed by atoms with E-state index in [1.807, 2.05) is 25.1 Å².